The Morgan fingerprint density at radius 2 is 2.19 bits per heavy atom. The zero-order chi connectivity index (χ0) is 19.0. The maximum Gasteiger partial charge on any atom is 0.188 e. The van der Waals surface area contributed by atoms with E-state index in [1.54, 1.807) is 0 Å². The van der Waals surface area contributed by atoms with E-state index in [2.05, 4.69) is 22.1 Å². The van der Waals surface area contributed by atoms with Crippen LogP contribution in [-0.4, -0.2) is 85.8 Å². The summed E-state index contributed by atoms with van der Waals surface area (Å²) in [5, 5.41) is 3.79. The highest BCUT2D eigenvalue weighted by molar-refractivity contribution is 8.13. The van der Waals surface area contributed by atoms with E-state index in [0.29, 0.717) is 37.0 Å². The van der Waals surface area contributed by atoms with Crippen LogP contribution in [0.15, 0.2) is 9.98 Å². The van der Waals surface area contributed by atoms with E-state index >= 15 is 0 Å². The molecule has 2 heterocycles. The normalized spacial score (nSPS) is 30.3. The van der Waals surface area contributed by atoms with E-state index in [0.717, 1.165) is 39.3 Å². The molecule has 0 bridgehead atoms. The summed E-state index contributed by atoms with van der Waals surface area (Å²) in [6.07, 6.45) is 6.07. The van der Waals surface area contributed by atoms with Gasteiger partial charge in [-0.3, -0.25) is 14.9 Å². The maximum absolute atomic E-state index is 6.04. The molecule has 0 aromatic rings. The average Bonchev–Trinajstić information content (AvgIpc) is 3.32. The molecule has 2 atom stereocenters. The maximum atomic E-state index is 6.04. The van der Waals surface area contributed by atoms with Gasteiger partial charge in [0.25, 0.3) is 0 Å². The van der Waals surface area contributed by atoms with Crippen molar-refractivity contribution in [3.05, 3.63) is 0 Å². The fourth-order valence-corrected chi connectivity index (χ4v) is 5.23. The zero-order valence-corrected chi connectivity index (χ0v) is 17.4. The molecular weight excluding hydrogens is 362 g/mol. The van der Waals surface area contributed by atoms with Crippen LogP contribution in [0.1, 0.15) is 39.0 Å². The Bertz CT molecular complexity index is 506. The smallest absolute Gasteiger partial charge is 0.188 e. The van der Waals surface area contributed by atoms with Crippen LogP contribution in [0.5, 0.6) is 0 Å². The lowest BCUT2D eigenvalue weighted by molar-refractivity contribution is 0.0119. The summed E-state index contributed by atoms with van der Waals surface area (Å²) in [5.74, 6) is 0.550. The Balaban J connectivity index is 1.44. The second kappa shape index (κ2) is 10.6. The van der Waals surface area contributed by atoms with Gasteiger partial charge in [-0.2, -0.15) is 0 Å². The Morgan fingerprint density at radius 1 is 1.41 bits per heavy atom. The number of guanidine groups is 1. The first kappa shape index (κ1) is 20.9. The van der Waals surface area contributed by atoms with Crippen molar-refractivity contribution in [1.82, 2.24) is 10.2 Å². The number of nitrogens with two attached hydrogens (primary N) is 1. The molecule has 154 valence electrons. The average molecular weight is 398 g/mol. The molecule has 1 saturated carbocycles. The second-order valence-electron chi connectivity index (χ2n) is 7.70. The van der Waals surface area contributed by atoms with Gasteiger partial charge in [-0.05, 0) is 19.3 Å². The number of thioether (sulfide) groups is 1. The van der Waals surface area contributed by atoms with Gasteiger partial charge in [-0.15, -0.1) is 11.8 Å². The molecule has 0 spiro atoms. The summed E-state index contributed by atoms with van der Waals surface area (Å²) < 4.78 is 11.5. The number of nitrogens with zero attached hydrogens (tertiary/aromatic N) is 3. The largest absolute Gasteiger partial charge is 0.379 e. The monoisotopic (exact) mass is 397 g/mol. The molecule has 3 rings (SSSR count). The van der Waals surface area contributed by atoms with Crippen LogP contribution in [0.2, 0.25) is 0 Å². The third-order valence-electron chi connectivity index (χ3n) is 5.68. The standard InChI is InChI=1S/C19H35N5O2S/c1-2-17-19(22-15-27-17,13-24-8-11-25-12-9-24)14-26-10-7-21-18(20)23-16-5-3-4-6-16/h15-17H,2-14H2,1H3,(H3,20,21,23). The predicted molar refractivity (Wildman–Crippen MR) is 113 cm³/mol. The topological polar surface area (TPSA) is 84.5 Å². The molecule has 8 heteroatoms. The van der Waals surface area contributed by atoms with Crippen molar-refractivity contribution < 1.29 is 9.47 Å². The molecule has 2 unspecified atom stereocenters. The van der Waals surface area contributed by atoms with Crippen molar-refractivity contribution in [3.8, 4) is 0 Å². The van der Waals surface area contributed by atoms with Crippen molar-refractivity contribution >= 4 is 23.3 Å². The Labute approximate surface area is 167 Å². The van der Waals surface area contributed by atoms with Gasteiger partial charge < -0.3 is 20.5 Å². The molecule has 27 heavy (non-hydrogen) atoms. The molecule has 1 saturated heterocycles. The van der Waals surface area contributed by atoms with Crippen molar-refractivity contribution in [2.75, 3.05) is 52.6 Å². The molecular formula is C19H35N5O2S. The highest BCUT2D eigenvalue weighted by atomic mass is 32.2. The molecule has 3 N–H and O–H groups in total. The lowest BCUT2D eigenvalue weighted by atomic mass is 9.93. The van der Waals surface area contributed by atoms with Gasteiger partial charge in [0.2, 0.25) is 0 Å². The van der Waals surface area contributed by atoms with Crippen LogP contribution >= 0.6 is 11.8 Å². The van der Waals surface area contributed by atoms with Crippen LogP contribution in [0.25, 0.3) is 0 Å². The van der Waals surface area contributed by atoms with Gasteiger partial charge >= 0.3 is 0 Å². The Hall–Kier alpha value is -0.830. The second-order valence-corrected chi connectivity index (χ2v) is 8.76. The van der Waals surface area contributed by atoms with Crippen molar-refractivity contribution in [3.63, 3.8) is 0 Å². The summed E-state index contributed by atoms with van der Waals surface area (Å²) in [4.78, 5) is 11.7. The van der Waals surface area contributed by atoms with Crippen LogP contribution in [-0.2, 0) is 9.47 Å². The number of hydrogen-bond donors (Lipinski definition) is 2. The quantitative estimate of drug-likeness (QED) is 0.348. The van der Waals surface area contributed by atoms with E-state index in [1.165, 1.54) is 25.7 Å². The third-order valence-corrected chi connectivity index (χ3v) is 7.01. The number of hydrogen-bond acceptors (Lipinski definition) is 6. The molecule has 2 fully saturated rings. The number of rotatable bonds is 9. The molecule has 2 aliphatic heterocycles. The first-order chi connectivity index (χ1) is 13.2. The molecule has 0 aromatic carbocycles. The van der Waals surface area contributed by atoms with Crippen molar-refractivity contribution in [2.24, 2.45) is 15.7 Å². The van der Waals surface area contributed by atoms with Crippen LogP contribution in [0.3, 0.4) is 0 Å². The van der Waals surface area contributed by atoms with E-state index < -0.39 is 0 Å². The molecule has 0 amide bonds. The number of ether oxygens (including phenoxy) is 2. The lowest BCUT2D eigenvalue weighted by Gasteiger charge is -2.38. The first-order valence-corrected chi connectivity index (χ1v) is 11.3. The molecule has 3 aliphatic rings. The molecule has 7 nitrogen and oxygen atoms in total. The Morgan fingerprint density at radius 3 is 2.93 bits per heavy atom. The van der Waals surface area contributed by atoms with Gasteiger partial charge in [0.05, 0.1) is 38.5 Å². The van der Waals surface area contributed by atoms with Crippen LogP contribution in [0, 0.1) is 0 Å². The minimum atomic E-state index is -0.159. The van der Waals surface area contributed by atoms with Gasteiger partial charge in [-0.25, -0.2) is 0 Å². The van der Waals surface area contributed by atoms with E-state index in [4.69, 9.17) is 20.2 Å². The summed E-state index contributed by atoms with van der Waals surface area (Å²) in [6.45, 7) is 8.56. The Kier molecular flexibility index (Phi) is 8.24. The minimum Gasteiger partial charge on any atom is -0.379 e. The fourth-order valence-electron chi connectivity index (χ4n) is 4.16. The van der Waals surface area contributed by atoms with Gasteiger partial charge in [-0.1, -0.05) is 19.8 Å². The van der Waals surface area contributed by atoms with E-state index in [9.17, 15) is 0 Å². The van der Waals surface area contributed by atoms with Gasteiger partial charge in [0.15, 0.2) is 5.96 Å². The van der Waals surface area contributed by atoms with Gasteiger partial charge in [0, 0.05) is 30.9 Å². The van der Waals surface area contributed by atoms with E-state index in [-0.39, 0.29) is 5.54 Å². The molecule has 0 radical (unpaired) electrons. The van der Waals surface area contributed by atoms with E-state index in [1.807, 2.05) is 17.3 Å². The third kappa shape index (κ3) is 6.07. The summed E-state index contributed by atoms with van der Waals surface area (Å²) in [5.41, 5.74) is 7.84. The molecule has 0 aromatic heterocycles. The van der Waals surface area contributed by atoms with Crippen molar-refractivity contribution in [1.29, 1.82) is 0 Å². The number of nitrogens with one attached hydrogen (secondary N) is 1. The lowest BCUT2D eigenvalue weighted by Crippen LogP contribution is -2.52. The SMILES string of the molecule is CCC1SC=NC1(COCCN=C(N)NC1CCCC1)CN1CCOCC1. The molecule has 1 aliphatic carbocycles. The summed E-state index contributed by atoms with van der Waals surface area (Å²) >= 11 is 1.84. The predicted octanol–water partition coefficient (Wildman–Crippen LogP) is 1.47. The minimum absolute atomic E-state index is 0.159. The highest BCUT2D eigenvalue weighted by Gasteiger charge is 2.42. The first-order valence-electron chi connectivity index (χ1n) is 10.4. The number of morpholine rings is 1. The van der Waals surface area contributed by atoms with Crippen LogP contribution in [0.4, 0.5) is 0 Å². The summed E-state index contributed by atoms with van der Waals surface area (Å²) in [6, 6.07) is 0.502. The summed E-state index contributed by atoms with van der Waals surface area (Å²) in [7, 11) is 0. The van der Waals surface area contributed by atoms with Crippen molar-refractivity contribution in [2.45, 2.75) is 55.9 Å². The van der Waals surface area contributed by atoms with Crippen LogP contribution < -0.4 is 11.1 Å². The zero-order valence-electron chi connectivity index (χ0n) is 16.6. The highest BCUT2D eigenvalue weighted by Crippen LogP contribution is 2.35. The number of aliphatic imine (C=N–C) groups is 2. The fraction of sp³-hybridized carbons (Fsp3) is 0.895. The van der Waals surface area contributed by atoms with Gasteiger partial charge in [0.1, 0.15) is 5.54 Å².